The minimum absolute atomic E-state index is 0.0624. The number of anilines is 1. The van der Waals surface area contributed by atoms with Crippen molar-refractivity contribution in [3.8, 4) is 5.69 Å². The summed E-state index contributed by atoms with van der Waals surface area (Å²) >= 11 is 6.56. The van der Waals surface area contributed by atoms with Crippen LogP contribution in [0, 0.1) is 5.82 Å². The molecule has 1 amide bonds. The van der Waals surface area contributed by atoms with Crippen LogP contribution in [0.5, 0.6) is 0 Å². The maximum atomic E-state index is 15.5. The van der Waals surface area contributed by atoms with Crippen molar-refractivity contribution in [1.82, 2.24) is 30.3 Å². The molecule has 0 unspecified atom stereocenters. The molecule has 10 heteroatoms. The van der Waals surface area contributed by atoms with E-state index >= 15 is 4.39 Å². The van der Waals surface area contributed by atoms with Crippen LogP contribution < -0.4 is 10.2 Å². The van der Waals surface area contributed by atoms with Crippen LogP contribution in [0.1, 0.15) is 23.2 Å². The first-order valence-corrected chi connectivity index (χ1v) is 12.0. The summed E-state index contributed by atoms with van der Waals surface area (Å²) in [6.07, 6.45) is 4.92. The highest BCUT2D eigenvalue weighted by Crippen LogP contribution is 2.34. The third-order valence-electron chi connectivity index (χ3n) is 6.44. The molecule has 0 radical (unpaired) electrons. The number of nitrogens with one attached hydrogen (secondary N) is 1. The molecular formula is C26H21ClFN7O. The summed E-state index contributed by atoms with van der Waals surface area (Å²) in [7, 11) is 0. The standard InChI is InChI=1S/C26H21ClFN7O/c27-20-6-1-4-16-10-13-31-25(23(16)20)34(18-5-2-11-29-15-18)26(36)19-9-8-17(14-21(19)28)35-24-22(32-33-35)7-3-12-30-24/h1,3-4,6-10,12-14,18,29H,2,5,11,15H2/t18-/m1/s1. The summed E-state index contributed by atoms with van der Waals surface area (Å²) in [4.78, 5) is 24.4. The van der Waals surface area contributed by atoms with E-state index in [9.17, 15) is 4.79 Å². The molecule has 36 heavy (non-hydrogen) atoms. The number of nitrogens with zero attached hydrogens (tertiary/aromatic N) is 6. The second kappa shape index (κ2) is 9.25. The average molecular weight is 502 g/mol. The molecule has 3 aromatic heterocycles. The molecule has 0 aliphatic carbocycles. The molecule has 8 nitrogen and oxygen atoms in total. The van der Waals surface area contributed by atoms with Crippen LogP contribution in [0.2, 0.25) is 5.02 Å². The Morgan fingerprint density at radius 1 is 1.11 bits per heavy atom. The molecule has 4 heterocycles. The first-order chi connectivity index (χ1) is 17.6. The van der Waals surface area contributed by atoms with Crippen LogP contribution in [0.25, 0.3) is 27.6 Å². The number of carbonyl (C=O) groups excluding carboxylic acids is 1. The van der Waals surface area contributed by atoms with Gasteiger partial charge in [0.2, 0.25) is 0 Å². The lowest BCUT2D eigenvalue weighted by molar-refractivity contribution is 0.0968. The van der Waals surface area contributed by atoms with Gasteiger partial charge < -0.3 is 5.32 Å². The Bertz CT molecular complexity index is 1590. The fourth-order valence-electron chi connectivity index (χ4n) is 4.72. The van der Waals surface area contributed by atoms with E-state index in [0.29, 0.717) is 39.6 Å². The molecule has 1 saturated heterocycles. The van der Waals surface area contributed by atoms with Gasteiger partial charge in [-0.3, -0.25) is 9.69 Å². The maximum absolute atomic E-state index is 15.5. The molecule has 1 atom stereocenters. The number of hydrogen-bond acceptors (Lipinski definition) is 6. The number of halogens is 2. The zero-order chi connectivity index (χ0) is 24.6. The van der Waals surface area contributed by atoms with E-state index in [2.05, 4.69) is 25.6 Å². The van der Waals surface area contributed by atoms with Gasteiger partial charge in [-0.1, -0.05) is 28.9 Å². The molecule has 2 aromatic carbocycles. The molecule has 0 spiro atoms. The SMILES string of the molecule is O=C(c1ccc(-n2nnc3cccnc32)cc1F)N(c1nccc2cccc(Cl)c12)[C@@H]1CCCNC1. The average Bonchev–Trinajstić information content (AvgIpc) is 3.34. The summed E-state index contributed by atoms with van der Waals surface area (Å²) in [5.74, 6) is -0.724. The Balaban J connectivity index is 1.45. The van der Waals surface area contributed by atoms with Crippen LogP contribution >= 0.6 is 11.6 Å². The van der Waals surface area contributed by atoms with Crippen LogP contribution in [-0.4, -0.2) is 50.0 Å². The fraction of sp³-hybridized carbons (Fsp3) is 0.192. The molecular weight excluding hydrogens is 481 g/mol. The lowest BCUT2D eigenvalue weighted by Crippen LogP contribution is -2.49. The molecule has 0 saturated carbocycles. The number of aromatic nitrogens is 5. The number of rotatable bonds is 4. The Labute approximate surface area is 210 Å². The van der Waals surface area contributed by atoms with Crippen molar-refractivity contribution in [2.75, 3.05) is 18.0 Å². The van der Waals surface area contributed by atoms with Crippen LogP contribution in [-0.2, 0) is 0 Å². The van der Waals surface area contributed by atoms with Crippen molar-refractivity contribution in [3.05, 3.63) is 83.4 Å². The Morgan fingerprint density at radius 3 is 2.86 bits per heavy atom. The highest BCUT2D eigenvalue weighted by atomic mass is 35.5. The number of hydrogen-bond donors (Lipinski definition) is 1. The van der Waals surface area contributed by atoms with Gasteiger partial charge in [0, 0.05) is 30.4 Å². The van der Waals surface area contributed by atoms with Crippen molar-refractivity contribution in [2.24, 2.45) is 0 Å². The molecule has 6 rings (SSSR count). The van der Waals surface area contributed by atoms with Crippen LogP contribution in [0.4, 0.5) is 10.2 Å². The van der Waals surface area contributed by atoms with Gasteiger partial charge in [-0.05, 0) is 61.2 Å². The summed E-state index contributed by atoms with van der Waals surface area (Å²) in [5.41, 5.74) is 1.45. The zero-order valence-corrected chi connectivity index (χ0v) is 19.9. The molecule has 1 N–H and O–H groups in total. The van der Waals surface area contributed by atoms with Gasteiger partial charge in [-0.2, -0.15) is 4.68 Å². The van der Waals surface area contributed by atoms with E-state index in [0.717, 1.165) is 24.8 Å². The van der Waals surface area contributed by atoms with Gasteiger partial charge in [0.05, 0.1) is 22.3 Å². The number of pyridine rings is 2. The Hall–Kier alpha value is -3.95. The number of benzene rings is 2. The van der Waals surface area contributed by atoms with Crippen molar-refractivity contribution < 1.29 is 9.18 Å². The zero-order valence-electron chi connectivity index (χ0n) is 19.1. The first kappa shape index (κ1) is 22.5. The number of piperidine rings is 1. The minimum Gasteiger partial charge on any atom is -0.315 e. The second-order valence-corrected chi connectivity index (χ2v) is 9.07. The van der Waals surface area contributed by atoms with E-state index in [1.807, 2.05) is 18.2 Å². The van der Waals surface area contributed by atoms with Crippen molar-refractivity contribution >= 4 is 45.3 Å². The lowest BCUT2D eigenvalue weighted by Gasteiger charge is -2.34. The molecule has 180 valence electrons. The van der Waals surface area contributed by atoms with Gasteiger partial charge in [0.25, 0.3) is 5.91 Å². The van der Waals surface area contributed by atoms with Gasteiger partial charge in [0.1, 0.15) is 17.2 Å². The third-order valence-corrected chi connectivity index (χ3v) is 6.75. The third kappa shape index (κ3) is 3.86. The Morgan fingerprint density at radius 2 is 2.03 bits per heavy atom. The van der Waals surface area contributed by atoms with Crippen molar-refractivity contribution in [1.29, 1.82) is 0 Å². The van der Waals surface area contributed by atoms with E-state index in [-0.39, 0.29) is 11.6 Å². The highest BCUT2D eigenvalue weighted by molar-refractivity contribution is 6.36. The van der Waals surface area contributed by atoms with Crippen LogP contribution in [0.3, 0.4) is 0 Å². The fourth-order valence-corrected chi connectivity index (χ4v) is 4.98. The van der Waals surface area contributed by atoms with E-state index in [1.165, 1.54) is 16.8 Å². The van der Waals surface area contributed by atoms with Gasteiger partial charge in [0.15, 0.2) is 5.65 Å². The smallest absolute Gasteiger partial charge is 0.262 e. The molecule has 1 aliphatic rings. The topological polar surface area (TPSA) is 88.8 Å². The first-order valence-electron chi connectivity index (χ1n) is 11.7. The van der Waals surface area contributed by atoms with Crippen molar-refractivity contribution in [2.45, 2.75) is 18.9 Å². The Kier molecular flexibility index (Phi) is 5.79. The molecule has 0 bridgehead atoms. The predicted molar refractivity (Wildman–Crippen MR) is 136 cm³/mol. The highest BCUT2D eigenvalue weighted by Gasteiger charge is 2.32. The lowest BCUT2D eigenvalue weighted by atomic mass is 10.0. The maximum Gasteiger partial charge on any atom is 0.262 e. The number of carbonyl (C=O) groups is 1. The summed E-state index contributed by atoms with van der Waals surface area (Å²) in [6, 6.07) is 15.1. The summed E-state index contributed by atoms with van der Waals surface area (Å²) in [6.45, 7) is 1.44. The summed E-state index contributed by atoms with van der Waals surface area (Å²) < 4.78 is 17.0. The molecule has 5 aromatic rings. The molecule has 1 fully saturated rings. The molecule has 1 aliphatic heterocycles. The van der Waals surface area contributed by atoms with Gasteiger partial charge in [-0.25, -0.2) is 14.4 Å². The quantitative estimate of drug-likeness (QED) is 0.388. The normalized spacial score (nSPS) is 15.9. The second-order valence-electron chi connectivity index (χ2n) is 8.66. The van der Waals surface area contributed by atoms with E-state index < -0.39 is 11.7 Å². The number of amides is 1. The van der Waals surface area contributed by atoms with E-state index in [1.54, 1.807) is 41.6 Å². The van der Waals surface area contributed by atoms with E-state index in [4.69, 9.17) is 11.6 Å². The number of fused-ring (bicyclic) bond motifs is 2. The largest absolute Gasteiger partial charge is 0.315 e. The monoisotopic (exact) mass is 501 g/mol. The van der Waals surface area contributed by atoms with Gasteiger partial charge >= 0.3 is 0 Å². The predicted octanol–water partition coefficient (Wildman–Crippen LogP) is 4.56. The van der Waals surface area contributed by atoms with Gasteiger partial charge in [-0.15, -0.1) is 5.10 Å². The van der Waals surface area contributed by atoms with Crippen LogP contribution in [0.15, 0.2) is 67.0 Å². The summed E-state index contributed by atoms with van der Waals surface area (Å²) in [5, 5.41) is 13.5. The minimum atomic E-state index is -0.669. The van der Waals surface area contributed by atoms with Crippen molar-refractivity contribution in [3.63, 3.8) is 0 Å².